The molecule has 10 aromatic rings. The lowest BCUT2D eigenvalue weighted by atomic mass is 9.97. The molecule has 0 spiro atoms. The van der Waals surface area contributed by atoms with Crippen LogP contribution < -0.4 is 9.80 Å². The smallest absolute Gasteiger partial charge is 0.261 e. The Kier molecular flexibility index (Phi) is 12.5. The van der Waals surface area contributed by atoms with E-state index in [1.54, 1.807) is 32.5 Å². The van der Waals surface area contributed by atoms with Gasteiger partial charge in [0.05, 0.1) is 22.5 Å². The first-order valence-electron chi connectivity index (χ1n) is 25.0. The first-order chi connectivity index (χ1) is 36.4. The highest BCUT2D eigenvalue weighted by Crippen LogP contribution is 2.48. The van der Waals surface area contributed by atoms with Gasteiger partial charge in [-0.05, 0) is 143 Å². The Hall–Kier alpha value is -8.82. The molecule has 12 rings (SSSR count). The van der Waals surface area contributed by atoms with Crippen LogP contribution in [0, 0.1) is 0 Å². The Morgan fingerprint density at radius 2 is 0.649 bits per heavy atom. The molecule has 0 fully saturated rings. The number of hydrogen-bond acceptors (Lipinski definition) is 6. The molecule has 74 heavy (non-hydrogen) atoms. The molecule has 358 valence electrons. The third kappa shape index (κ3) is 8.53. The number of para-hydroxylation sites is 2. The Bertz CT molecular complexity index is 3480. The molecule has 0 bridgehead atoms. The number of carbonyl (C=O) groups excluding carboxylic acids is 2. The lowest BCUT2D eigenvalue weighted by molar-refractivity contribution is -0.124. The Balaban J connectivity index is 0.863. The Labute approximate surface area is 440 Å². The van der Waals surface area contributed by atoms with Crippen LogP contribution >= 0.6 is 22.7 Å². The van der Waals surface area contributed by atoms with Crippen LogP contribution in [-0.2, 0) is 9.59 Å². The SMILES string of the molecule is CCN1C(=O)C2=C(c3cccc(-c4ccc(N(c5ccccc5)c5ccc(-c6ccccc6)s5)cc4)c3)N(CC)C(=O)C2=C1c1cccc(-c2ccc(N(c3ccccc3)c3ccc(-c4ccccc4)s3)cc2)c1. The zero-order valence-corrected chi connectivity index (χ0v) is 42.6. The number of carbonyl (C=O) groups is 2. The van der Waals surface area contributed by atoms with E-state index >= 15 is 0 Å². The lowest BCUT2D eigenvalue weighted by Crippen LogP contribution is -2.29. The first-order valence-corrected chi connectivity index (χ1v) is 26.6. The maximum absolute atomic E-state index is 14.8. The van der Waals surface area contributed by atoms with E-state index < -0.39 is 0 Å². The molecule has 0 saturated heterocycles. The van der Waals surface area contributed by atoms with Gasteiger partial charge in [-0.15, -0.1) is 22.7 Å². The summed E-state index contributed by atoms with van der Waals surface area (Å²) in [5.74, 6) is -0.312. The van der Waals surface area contributed by atoms with E-state index in [0.29, 0.717) is 35.6 Å². The second kappa shape index (κ2) is 20.0. The van der Waals surface area contributed by atoms with Gasteiger partial charge in [0.25, 0.3) is 11.8 Å². The quantitative estimate of drug-likeness (QED) is 0.109. The van der Waals surface area contributed by atoms with Crippen LogP contribution in [0.1, 0.15) is 25.0 Å². The number of fused-ring (bicyclic) bond motifs is 1. The van der Waals surface area contributed by atoms with Crippen molar-refractivity contribution >= 4 is 78.6 Å². The molecule has 6 nitrogen and oxygen atoms in total. The largest absolute Gasteiger partial charge is 0.307 e. The van der Waals surface area contributed by atoms with Crippen molar-refractivity contribution in [3.63, 3.8) is 0 Å². The van der Waals surface area contributed by atoms with E-state index in [1.165, 1.54) is 20.9 Å². The van der Waals surface area contributed by atoms with Crippen molar-refractivity contribution < 1.29 is 9.59 Å². The third-order valence-corrected chi connectivity index (χ3v) is 16.0. The Morgan fingerprint density at radius 3 is 1.01 bits per heavy atom. The van der Waals surface area contributed by atoms with Gasteiger partial charge in [-0.25, -0.2) is 0 Å². The summed E-state index contributed by atoms with van der Waals surface area (Å²) >= 11 is 3.53. The molecule has 8 heteroatoms. The molecule has 0 aliphatic carbocycles. The monoisotopic (exact) mass is 994 g/mol. The van der Waals surface area contributed by atoms with E-state index in [1.807, 2.05) is 62.4 Å². The molecule has 2 aliphatic heterocycles. The molecule has 4 heterocycles. The first kappa shape index (κ1) is 46.3. The molecule has 2 aromatic heterocycles. The number of anilines is 6. The van der Waals surface area contributed by atoms with Crippen LogP contribution in [-0.4, -0.2) is 34.7 Å². The van der Waals surface area contributed by atoms with Crippen molar-refractivity contribution in [2.75, 3.05) is 22.9 Å². The number of thiophene rings is 2. The van der Waals surface area contributed by atoms with E-state index in [0.717, 1.165) is 66.1 Å². The van der Waals surface area contributed by atoms with Crippen molar-refractivity contribution in [3.05, 3.63) is 265 Å². The van der Waals surface area contributed by atoms with Gasteiger partial charge in [-0.3, -0.25) is 9.59 Å². The van der Waals surface area contributed by atoms with Gasteiger partial charge in [0.1, 0.15) is 10.0 Å². The van der Waals surface area contributed by atoms with Crippen LogP contribution in [0.2, 0.25) is 0 Å². The molecule has 0 unspecified atom stereocenters. The molecular weight excluding hydrogens is 945 g/mol. The van der Waals surface area contributed by atoms with Crippen molar-refractivity contribution in [2.24, 2.45) is 0 Å². The summed E-state index contributed by atoms with van der Waals surface area (Å²) in [4.78, 5) is 40.1. The minimum absolute atomic E-state index is 0.156. The number of hydrogen-bond donors (Lipinski definition) is 0. The number of benzene rings is 8. The molecule has 0 saturated carbocycles. The van der Waals surface area contributed by atoms with Gasteiger partial charge in [0, 0.05) is 45.6 Å². The summed E-state index contributed by atoms with van der Waals surface area (Å²) in [7, 11) is 0. The highest BCUT2D eigenvalue weighted by molar-refractivity contribution is 7.20. The van der Waals surface area contributed by atoms with Crippen molar-refractivity contribution in [3.8, 4) is 43.1 Å². The summed E-state index contributed by atoms with van der Waals surface area (Å²) in [6.07, 6.45) is 0. The summed E-state index contributed by atoms with van der Waals surface area (Å²) < 4.78 is 0. The molecule has 0 radical (unpaired) electrons. The summed E-state index contributed by atoms with van der Waals surface area (Å²) in [5.41, 5.74) is 14.6. The second-order valence-electron chi connectivity index (χ2n) is 18.2. The van der Waals surface area contributed by atoms with Crippen LogP contribution in [0.25, 0.3) is 54.5 Å². The predicted molar refractivity (Wildman–Crippen MR) is 308 cm³/mol. The topological polar surface area (TPSA) is 47.1 Å². The summed E-state index contributed by atoms with van der Waals surface area (Å²) in [6.45, 7) is 4.79. The third-order valence-electron chi connectivity index (χ3n) is 13.8. The maximum Gasteiger partial charge on any atom is 0.261 e. The summed E-state index contributed by atoms with van der Waals surface area (Å²) in [6, 6.07) is 84.4. The standard InChI is InChI=1S/C66H50N4O2S2/c1-3-67-63(51-25-17-23-49(43-51)45-31-35-55(36-32-45)69(53-27-13-7-14-28-53)59-41-39-57(73-59)47-19-9-5-10-20-47)61-62(65(67)71)64(68(4-2)66(61)72)52-26-18-24-50(44-52)46-33-37-56(38-34-46)70(54-29-15-8-16-30-54)60-42-40-58(74-60)48-21-11-6-12-22-48/h5-44H,3-4H2,1-2H3. The van der Waals surface area contributed by atoms with Crippen LogP contribution in [0.15, 0.2) is 254 Å². The van der Waals surface area contributed by atoms with Crippen molar-refractivity contribution in [1.29, 1.82) is 0 Å². The second-order valence-corrected chi connectivity index (χ2v) is 20.3. The lowest BCUT2D eigenvalue weighted by Gasteiger charge is -2.24. The molecule has 0 atom stereocenters. The molecule has 2 amide bonds. The molecular formula is C66H50N4O2S2. The van der Waals surface area contributed by atoms with Gasteiger partial charge in [0.2, 0.25) is 0 Å². The molecule has 2 aliphatic rings. The van der Waals surface area contributed by atoms with Gasteiger partial charge < -0.3 is 19.6 Å². The number of nitrogens with zero attached hydrogens (tertiary/aromatic N) is 4. The fraction of sp³-hybridized carbons (Fsp3) is 0.0606. The van der Waals surface area contributed by atoms with Gasteiger partial charge >= 0.3 is 0 Å². The fourth-order valence-corrected chi connectivity index (χ4v) is 12.4. The average Bonchev–Trinajstić information content (AvgIpc) is 4.29. The highest BCUT2D eigenvalue weighted by Gasteiger charge is 2.48. The van der Waals surface area contributed by atoms with Crippen molar-refractivity contribution in [2.45, 2.75) is 13.8 Å². The zero-order valence-electron chi connectivity index (χ0n) is 40.9. The number of likely N-dealkylation sites (N-methyl/N-ethyl adjacent to an activating group) is 2. The Morgan fingerprint density at radius 1 is 0.324 bits per heavy atom. The number of amides is 2. The normalized spacial score (nSPS) is 13.3. The van der Waals surface area contributed by atoms with Crippen LogP contribution in [0.5, 0.6) is 0 Å². The predicted octanol–water partition coefficient (Wildman–Crippen LogP) is 17.3. The zero-order chi connectivity index (χ0) is 50.1. The van der Waals surface area contributed by atoms with Gasteiger partial charge in [-0.1, -0.05) is 158 Å². The van der Waals surface area contributed by atoms with Crippen molar-refractivity contribution in [1.82, 2.24) is 9.80 Å². The average molecular weight is 995 g/mol. The van der Waals surface area contributed by atoms with Gasteiger partial charge in [-0.2, -0.15) is 0 Å². The van der Waals surface area contributed by atoms with E-state index in [-0.39, 0.29) is 11.8 Å². The highest BCUT2D eigenvalue weighted by atomic mass is 32.1. The fourth-order valence-electron chi connectivity index (χ4n) is 10.3. The molecule has 0 N–H and O–H groups in total. The number of rotatable bonds is 14. The minimum atomic E-state index is -0.156. The van der Waals surface area contributed by atoms with Gasteiger partial charge in [0.15, 0.2) is 0 Å². The maximum atomic E-state index is 14.8. The minimum Gasteiger partial charge on any atom is -0.307 e. The molecule has 8 aromatic carbocycles. The van der Waals surface area contributed by atoms with E-state index in [9.17, 15) is 9.59 Å². The van der Waals surface area contributed by atoms with Crippen LogP contribution in [0.4, 0.5) is 32.8 Å². The van der Waals surface area contributed by atoms with E-state index in [4.69, 9.17) is 0 Å². The van der Waals surface area contributed by atoms with Crippen LogP contribution in [0.3, 0.4) is 0 Å². The van der Waals surface area contributed by atoms with E-state index in [2.05, 4.69) is 204 Å². The summed E-state index contributed by atoms with van der Waals surface area (Å²) in [5, 5.41) is 2.24.